The molecule has 4 saturated carbocycles. The molecule has 4 fully saturated rings. The molecule has 0 heterocycles. The van der Waals surface area contributed by atoms with Gasteiger partial charge in [-0.3, -0.25) is 0 Å². The quantitative estimate of drug-likeness (QED) is 0.782. The zero-order valence-corrected chi connectivity index (χ0v) is 13.3. The average Bonchev–Trinajstić information content (AvgIpc) is 2.51. The Labute approximate surface area is 118 Å². The highest BCUT2D eigenvalue weighted by molar-refractivity contribution is 5.32. The van der Waals surface area contributed by atoms with Crippen LogP contribution in [-0.2, 0) is 0 Å². The Morgan fingerprint density at radius 1 is 1.05 bits per heavy atom. The van der Waals surface area contributed by atoms with Crippen LogP contribution in [0.15, 0.2) is 0 Å². The van der Waals surface area contributed by atoms with E-state index >= 15 is 0 Å². The van der Waals surface area contributed by atoms with E-state index in [1.807, 2.05) is 0 Å². The molecule has 1 N–H and O–H groups in total. The van der Waals surface area contributed by atoms with Gasteiger partial charge in [0.2, 0.25) is 0 Å². The van der Waals surface area contributed by atoms with Gasteiger partial charge < -0.3 is 5.11 Å². The molecule has 19 heavy (non-hydrogen) atoms. The van der Waals surface area contributed by atoms with Gasteiger partial charge in [0.1, 0.15) is 0 Å². The first-order valence-corrected chi connectivity index (χ1v) is 8.32. The zero-order chi connectivity index (χ0) is 13.9. The Morgan fingerprint density at radius 3 is 2.32 bits per heavy atom. The van der Waals surface area contributed by atoms with Crippen molar-refractivity contribution < 1.29 is 5.11 Å². The lowest BCUT2D eigenvalue weighted by Crippen LogP contribution is -2.61. The van der Waals surface area contributed by atoms with Crippen LogP contribution < -0.4 is 0 Å². The van der Waals surface area contributed by atoms with Crippen molar-refractivity contribution in [2.24, 2.45) is 33.5 Å². The molecule has 0 aromatic rings. The molecule has 0 radical (unpaired) electrons. The van der Waals surface area contributed by atoms with Gasteiger partial charge in [-0.25, -0.2) is 0 Å². The SMILES string of the molecule is CC(C)C12CC3(C)CC4CC(C(C)(C)O)(C1)CC32C4. The maximum Gasteiger partial charge on any atom is 0.0648 e. The first-order chi connectivity index (χ1) is 8.60. The lowest BCUT2D eigenvalue weighted by atomic mass is 9.37. The van der Waals surface area contributed by atoms with Crippen LogP contribution in [-0.4, -0.2) is 10.7 Å². The van der Waals surface area contributed by atoms with Crippen molar-refractivity contribution in [1.82, 2.24) is 0 Å². The van der Waals surface area contributed by atoms with Crippen molar-refractivity contribution in [3.63, 3.8) is 0 Å². The van der Waals surface area contributed by atoms with Gasteiger partial charge in [-0.2, -0.15) is 0 Å². The molecule has 1 nitrogen and oxygen atoms in total. The monoisotopic (exact) mass is 262 g/mol. The third-order valence-electron chi connectivity index (χ3n) is 8.57. The molecular weight excluding hydrogens is 232 g/mol. The number of rotatable bonds is 2. The predicted octanol–water partition coefficient (Wildman–Crippen LogP) is 4.39. The smallest absolute Gasteiger partial charge is 0.0648 e. The Hall–Kier alpha value is -0.0400. The molecule has 0 aromatic carbocycles. The summed E-state index contributed by atoms with van der Waals surface area (Å²) in [6.07, 6.45) is 8.26. The molecule has 3 bridgehead atoms. The second kappa shape index (κ2) is 2.93. The third kappa shape index (κ3) is 1.05. The number of hydrogen-bond acceptors (Lipinski definition) is 1. The molecule has 4 aliphatic carbocycles. The maximum absolute atomic E-state index is 10.9. The summed E-state index contributed by atoms with van der Waals surface area (Å²) in [5.74, 6) is 1.68. The second-order valence-electron chi connectivity index (χ2n) is 9.80. The normalized spacial score (nSPS) is 58.6. The fourth-order valence-corrected chi connectivity index (χ4v) is 7.87. The summed E-state index contributed by atoms with van der Waals surface area (Å²) in [4.78, 5) is 0. The summed E-state index contributed by atoms with van der Waals surface area (Å²) in [7, 11) is 0. The van der Waals surface area contributed by atoms with E-state index in [-0.39, 0.29) is 5.41 Å². The fourth-order valence-electron chi connectivity index (χ4n) is 7.87. The van der Waals surface area contributed by atoms with Gasteiger partial charge in [-0.15, -0.1) is 0 Å². The lowest BCUT2D eigenvalue weighted by Gasteiger charge is -2.67. The maximum atomic E-state index is 10.9. The molecule has 5 atom stereocenters. The summed E-state index contributed by atoms with van der Waals surface area (Å²) >= 11 is 0. The van der Waals surface area contributed by atoms with E-state index < -0.39 is 5.60 Å². The number of hydrogen-bond donors (Lipinski definition) is 1. The van der Waals surface area contributed by atoms with Crippen LogP contribution in [0.25, 0.3) is 0 Å². The van der Waals surface area contributed by atoms with Crippen LogP contribution in [0.4, 0.5) is 0 Å². The van der Waals surface area contributed by atoms with Crippen molar-refractivity contribution in [2.75, 3.05) is 0 Å². The minimum atomic E-state index is -0.497. The minimum absolute atomic E-state index is 0.217. The Balaban J connectivity index is 1.89. The first-order valence-electron chi connectivity index (χ1n) is 8.32. The number of aliphatic hydroxyl groups is 1. The molecule has 1 spiro atoms. The molecule has 0 saturated heterocycles. The summed E-state index contributed by atoms with van der Waals surface area (Å²) < 4.78 is 0. The minimum Gasteiger partial charge on any atom is -0.390 e. The second-order valence-corrected chi connectivity index (χ2v) is 9.80. The summed E-state index contributed by atoms with van der Waals surface area (Å²) in [5.41, 5.74) is 1.45. The van der Waals surface area contributed by atoms with Gasteiger partial charge >= 0.3 is 0 Å². The molecule has 0 amide bonds. The highest BCUT2D eigenvalue weighted by Gasteiger charge is 2.83. The molecule has 0 aliphatic heterocycles. The molecule has 4 rings (SSSR count). The molecule has 0 aromatic heterocycles. The van der Waals surface area contributed by atoms with Gasteiger partial charge in [0.25, 0.3) is 0 Å². The average molecular weight is 262 g/mol. The Morgan fingerprint density at radius 2 is 1.74 bits per heavy atom. The highest BCUT2D eigenvalue weighted by Crippen LogP contribution is 2.91. The molecule has 5 unspecified atom stereocenters. The molecule has 4 aliphatic rings. The third-order valence-corrected chi connectivity index (χ3v) is 8.57. The topological polar surface area (TPSA) is 20.2 Å². The summed E-state index contributed by atoms with van der Waals surface area (Å²) in [5, 5.41) is 10.9. The summed E-state index contributed by atoms with van der Waals surface area (Å²) in [6, 6.07) is 0. The highest BCUT2D eigenvalue weighted by atomic mass is 16.3. The first kappa shape index (κ1) is 12.7. The van der Waals surface area contributed by atoms with E-state index in [0.717, 1.165) is 11.8 Å². The van der Waals surface area contributed by atoms with Crippen molar-refractivity contribution in [3.8, 4) is 0 Å². The van der Waals surface area contributed by atoms with Crippen LogP contribution in [0.1, 0.15) is 73.1 Å². The number of fused-ring (bicyclic) bond motifs is 2. The van der Waals surface area contributed by atoms with Crippen molar-refractivity contribution in [3.05, 3.63) is 0 Å². The summed E-state index contributed by atoms with van der Waals surface area (Å²) in [6.45, 7) is 11.6. The zero-order valence-electron chi connectivity index (χ0n) is 13.3. The standard InChI is InChI=1S/C18H30O/c1-12(2)17-9-15(5)6-13-7-16(10-17,14(3,4)19)11-18(15,17)8-13/h12-13,19H,6-11H2,1-5H3. The van der Waals surface area contributed by atoms with Gasteiger partial charge in [0.15, 0.2) is 0 Å². The van der Waals surface area contributed by atoms with Crippen LogP contribution in [0, 0.1) is 33.5 Å². The van der Waals surface area contributed by atoms with E-state index in [9.17, 15) is 5.11 Å². The van der Waals surface area contributed by atoms with Crippen LogP contribution in [0.5, 0.6) is 0 Å². The van der Waals surface area contributed by atoms with Gasteiger partial charge in [0.05, 0.1) is 5.60 Å². The van der Waals surface area contributed by atoms with E-state index in [1.54, 1.807) is 0 Å². The largest absolute Gasteiger partial charge is 0.390 e. The van der Waals surface area contributed by atoms with Gasteiger partial charge in [-0.05, 0) is 85.9 Å². The van der Waals surface area contributed by atoms with Gasteiger partial charge in [-0.1, -0.05) is 20.8 Å². The Kier molecular flexibility index (Phi) is 1.96. The molecule has 108 valence electrons. The molecular formula is C18H30O. The van der Waals surface area contributed by atoms with Crippen molar-refractivity contribution >= 4 is 0 Å². The Bertz CT molecular complexity index is 443. The van der Waals surface area contributed by atoms with Crippen LogP contribution in [0.3, 0.4) is 0 Å². The molecule has 1 heteroatoms. The lowest BCUT2D eigenvalue weighted by molar-refractivity contribution is -0.193. The van der Waals surface area contributed by atoms with Crippen LogP contribution >= 0.6 is 0 Å². The van der Waals surface area contributed by atoms with Crippen LogP contribution in [0.2, 0.25) is 0 Å². The van der Waals surface area contributed by atoms with Gasteiger partial charge in [0, 0.05) is 0 Å². The van der Waals surface area contributed by atoms with E-state index in [4.69, 9.17) is 0 Å². The van der Waals surface area contributed by atoms with E-state index in [0.29, 0.717) is 16.2 Å². The predicted molar refractivity (Wildman–Crippen MR) is 77.7 cm³/mol. The van der Waals surface area contributed by atoms with E-state index in [1.165, 1.54) is 38.5 Å². The fraction of sp³-hybridized carbons (Fsp3) is 1.00. The van der Waals surface area contributed by atoms with Crippen molar-refractivity contribution in [1.29, 1.82) is 0 Å². The van der Waals surface area contributed by atoms with Crippen molar-refractivity contribution in [2.45, 2.75) is 78.7 Å². The van der Waals surface area contributed by atoms with E-state index in [2.05, 4.69) is 34.6 Å².